The second-order valence-corrected chi connectivity index (χ2v) is 14.1. The number of rotatable bonds is 6. The molecule has 0 aromatic heterocycles. The molecule has 0 saturated carbocycles. The van der Waals surface area contributed by atoms with Crippen molar-refractivity contribution in [2.24, 2.45) is 5.92 Å². The molecule has 0 spiro atoms. The first-order valence-corrected chi connectivity index (χ1v) is 13.2. The lowest BCUT2D eigenvalue weighted by atomic mass is 9.76. The van der Waals surface area contributed by atoms with Crippen LogP contribution in [0.3, 0.4) is 0 Å². The van der Waals surface area contributed by atoms with E-state index in [1.165, 1.54) is 24.3 Å². The van der Waals surface area contributed by atoms with Crippen molar-refractivity contribution < 1.29 is 18.7 Å². The zero-order valence-corrected chi connectivity index (χ0v) is 20.3. The van der Waals surface area contributed by atoms with E-state index in [1.54, 1.807) is 7.11 Å². The number of hydrogen-bond donors (Lipinski definition) is 0. The first kappa shape index (κ1) is 23.3. The summed E-state index contributed by atoms with van der Waals surface area (Å²) < 4.78 is 17.0. The normalized spacial score (nSPS) is 20.7. The summed E-state index contributed by atoms with van der Waals surface area (Å²) in [7, 11) is 0.963. The van der Waals surface area contributed by atoms with E-state index in [4.69, 9.17) is 13.9 Å². The Labute approximate surface area is 177 Å². The largest absolute Gasteiger partial charge is 0.546 e. The lowest BCUT2D eigenvalue weighted by molar-refractivity contribution is -0.135. The van der Waals surface area contributed by atoms with Gasteiger partial charge in [-0.15, -0.1) is 0 Å². The van der Waals surface area contributed by atoms with Crippen molar-refractivity contribution in [2.75, 3.05) is 14.2 Å². The average Bonchev–Trinajstić information content (AvgIpc) is 2.65. The molecule has 1 aliphatic rings. The maximum Gasteiger partial charge on any atom is 0.333 e. The van der Waals surface area contributed by atoms with Gasteiger partial charge in [0.1, 0.15) is 5.75 Å². The number of hydrogen-bond acceptors (Lipinski definition) is 4. The molecular weight excluding hydrogens is 380 g/mol. The van der Waals surface area contributed by atoms with E-state index in [0.29, 0.717) is 11.7 Å². The Morgan fingerprint density at radius 2 is 1.79 bits per heavy atom. The van der Waals surface area contributed by atoms with Gasteiger partial charge >= 0.3 is 5.97 Å². The summed E-state index contributed by atoms with van der Waals surface area (Å²) in [6.45, 7) is 15.3. The Bertz CT molecular complexity index is 802. The van der Waals surface area contributed by atoms with Gasteiger partial charge in [0.15, 0.2) is 0 Å². The molecule has 0 fully saturated rings. The topological polar surface area (TPSA) is 44.8 Å². The molecule has 3 atom stereocenters. The van der Waals surface area contributed by atoms with Gasteiger partial charge in [0.2, 0.25) is 8.32 Å². The molecule has 29 heavy (non-hydrogen) atoms. The Morgan fingerprint density at radius 3 is 2.34 bits per heavy atom. The van der Waals surface area contributed by atoms with Crippen LogP contribution in [0.5, 0.6) is 5.75 Å². The van der Waals surface area contributed by atoms with Gasteiger partial charge < -0.3 is 13.9 Å². The predicted octanol–water partition coefficient (Wildman–Crippen LogP) is 6.17. The van der Waals surface area contributed by atoms with E-state index in [1.807, 2.05) is 6.07 Å². The van der Waals surface area contributed by atoms with Gasteiger partial charge in [-0.05, 0) is 47.3 Å². The molecule has 1 aliphatic carbocycles. The first-order chi connectivity index (χ1) is 13.4. The molecule has 2 rings (SSSR count). The number of esters is 1. The smallest absolute Gasteiger partial charge is 0.333 e. The number of carbonyl (C=O) groups is 1. The zero-order chi connectivity index (χ0) is 22.0. The summed E-state index contributed by atoms with van der Waals surface area (Å²) in [5, 5.41) is 0.0278. The second-order valence-electron chi connectivity index (χ2n) is 9.42. The Balaban J connectivity index is 2.49. The van der Waals surface area contributed by atoms with Crippen LogP contribution in [0, 0.1) is 5.92 Å². The third kappa shape index (κ3) is 5.13. The van der Waals surface area contributed by atoms with Gasteiger partial charge in [0, 0.05) is 11.8 Å². The summed E-state index contributed by atoms with van der Waals surface area (Å²) in [5.74, 6) is 1.57. The average molecular weight is 417 g/mol. The van der Waals surface area contributed by atoms with Gasteiger partial charge in [-0.25, -0.2) is 4.79 Å². The number of ether oxygens (including phenoxy) is 2. The standard InChI is InChI=1S/C24H36O4Si/c1-16-10-12-20(21-14-18(26-6)11-13-19(16)21)17(2)22(15-23(25)27-7)28-29(8,9)24(3,4)5/h10-17,20H,1-9H3/b22-15-/t16-,17+,20+/m1/s1. The summed E-state index contributed by atoms with van der Waals surface area (Å²) in [6.07, 6.45) is 5.99. The molecule has 0 bridgehead atoms. The summed E-state index contributed by atoms with van der Waals surface area (Å²) in [6, 6.07) is 6.26. The van der Waals surface area contributed by atoms with E-state index in [-0.39, 0.29) is 22.8 Å². The third-order valence-electron chi connectivity index (χ3n) is 6.38. The fourth-order valence-corrected chi connectivity index (χ4v) is 4.51. The summed E-state index contributed by atoms with van der Waals surface area (Å²) >= 11 is 0. The van der Waals surface area contributed by atoms with Gasteiger partial charge in [-0.3, -0.25) is 0 Å². The highest BCUT2D eigenvalue weighted by atomic mass is 28.4. The van der Waals surface area contributed by atoms with Crippen molar-refractivity contribution in [1.82, 2.24) is 0 Å². The number of allylic oxidation sites excluding steroid dienone is 3. The van der Waals surface area contributed by atoms with Gasteiger partial charge in [0.05, 0.1) is 26.1 Å². The van der Waals surface area contributed by atoms with Crippen LogP contribution in [-0.2, 0) is 14.0 Å². The van der Waals surface area contributed by atoms with Crippen molar-refractivity contribution in [3.63, 3.8) is 0 Å². The molecule has 0 N–H and O–H groups in total. The molecule has 0 amide bonds. The molecule has 4 nitrogen and oxygen atoms in total. The van der Waals surface area contributed by atoms with Gasteiger partial charge in [-0.1, -0.05) is 52.8 Å². The highest BCUT2D eigenvalue weighted by Gasteiger charge is 2.41. The minimum Gasteiger partial charge on any atom is -0.546 e. The molecule has 0 aliphatic heterocycles. The van der Waals surface area contributed by atoms with E-state index >= 15 is 0 Å². The minimum absolute atomic E-state index is 0.0159. The number of carbonyl (C=O) groups excluding carboxylic acids is 1. The molecule has 160 valence electrons. The number of fused-ring (bicyclic) bond motifs is 1. The molecular formula is C24H36O4Si. The molecule has 0 saturated heterocycles. The van der Waals surface area contributed by atoms with Crippen LogP contribution in [0.2, 0.25) is 18.1 Å². The number of methoxy groups -OCH3 is 2. The second kappa shape index (κ2) is 8.78. The predicted molar refractivity (Wildman–Crippen MR) is 121 cm³/mol. The van der Waals surface area contributed by atoms with Crippen LogP contribution in [0.1, 0.15) is 57.6 Å². The van der Waals surface area contributed by atoms with Crippen LogP contribution in [0.15, 0.2) is 42.2 Å². The molecule has 0 unspecified atom stereocenters. The van der Waals surface area contributed by atoms with Crippen LogP contribution in [0.4, 0.5) is 0 Å². The fourth-order valence-electron chi connectivity index (χ4n) is 3.37. The first-order valence-electron chi connectivity index (χ1n) is 10.3. The molecule has 0 radical (unpaired) electrons. The monoisotopic (exact) mass is 416 g/mol. The maximum absolute atomic E-state index is 12.1. The van der Waals surface area contributed by atoms with Crippen molar-refractivity contribution in [3.8, 4) is 5.75 Å². The Morgan fingerprint density at radius 1 is 1.14 bits per heavy atom. The maximum atomic E-state index is 12.1. The third-order valence-corrected chi connectivity index (χ3v) is 10.7. The summed E-state index contributed by atoms with van der Waals surface area (Å²) in [4.78, 5) is 12.1. The highest BCUT2D eigenvalue weighted by Crippen LogP contribution is 2.44. The van der Waals surface area contributed by atoms with Crippen molar-refractivity contribution in [3.05, 3.63) is 53.3 Å². The minimum atomic E-state index is -2.12. The zero-order valence-electron chi connectivity index (χ0n) is 19.3. The van der Waals surface area contributed by atoms with E-state index in [0.717, 1.165) is 5.75 Å². The molecule has 1 aromatic carbocycles. The lowest BCUT2D eigenvalue weighted by Gasteiger charge is -2.40. The number of benzene rings is 1. The lowest BCUT2D eigenvalue weighted by Crippen LogP contribution is -2.41. The molecule has 0 heterocycles. The quantitative estimate of drug-likeness (QED) is 0.183. The Kier molecular flexibility index (Phi) is 7.04. The van der Waals surface area contributed by atoms with E-state index in [9.17, 15) is 4.79 Å². The van der Waals surface area contributed by atoms with Gasteiger partial charge in [-0.2, -0.15) is 0 Å². The van der Waals surface area contributed by atoms with Crippen LogP contribution in [-0.4, -0.2) is 28.5 Å². The van der Waals surface area contributed by atoms with Crippen molar-refractivity contribution in [2.45, 2.75) is 64.6 Å². The van der Waals surface area contributed by atoms with Crippen molar-refractivity contribution in [1.29, 1.82) is 0 Å². The van der Waals surface area contributed by atoms with E-state index < -0.39 is 8.32 Å². The molecule has 1 aromatic rings. The SMILES string of the molecule is COC(=O)/C=C(\O[Si](C)(C)C(C)(C)C)[C@@H](C)[C@@H]1C=C[C@@H](C)c2ccc(OC)cc21. The van der Waals surface area contributed by atoms with E-state index in [2.05, 4.69) is 72.0 Å². The van der Waals surface area contributed by atoms with Crippen LogP contribution in [0.25, 0.3) is 0 Å². The molecule has 5 heteroatoms. The van der Waals surface area contributed by atoms with Gasteiger partial charge in [0.25, 0.3) is 0 Å². The van der Waals surface area contributed by atoms with Crippen LogP contribution >= 0.6 is 0 Å². The van der Waals surface area contributed by atoms with Crippen LogP contribution < -0.4 is 4.74 Å². The summed E-state index contributed by atoms with van der Waals surface area (Å²) in [5.41, 5.74) is 2.51. The Hall–Kier alpha value is -2.01. The fraction of sp³-hybridized carbons (Fsp3) is 0.542. The highest BCUT2D eigenvalue weighted by molar-refractivity contribution is 6.74. The van der Waals surface area contributed by atoms with Crippen molar-refractivity contribution >= 4 is 14.3 Å².